The van der Waals surface area contributed by atoms with E-state index in [0.717, 1.165) is 63.2 Å². The van der Waals surface area contributed by atoms with Crippen LogP contribution in [0.3, 0.4) is 0 Å². The van der Waals surface area contributed by atoms with Crippen molar-refractivity contribution in [3.8, 4) is 5.75 Å². The first-order valence-electron chi connectivity index (χ1n) is 10.8. The van der Waals surface area contributed by atoms with Crippen molar-refractivity contribution in [2.45, 2.75) is 19.9 Å². The van der Waals surface area contributed by atoms with E-state index in [1.807, 2.05) is 42.6 Å². The maximum atomic E-state index is 5.74. The second kappa shape index (κ2) is 14.1. The minimum absolute atomic E-state index is 0. The number of hydrogen-bond acceptors (Lipinski definition) is 5. The fourth-order valence-corrected chi connectivity index (χ4v) is 3.27. The number of hydrogen-bond donors (Lipinski definition) is 2. The number of aliphatic imine (C=N–C) groups is 1. The van der Waals surface area contributed by atoms with Crippen molar-refractivity contribution < 1.29 is 4.74 Å². The largest absolute Gasteiger partial charge is 0.494 e. The third kappa shape index (κ3) is 8.90. The molecular weight excluding hydrogens is 503 g/mol. The van der Waals surface area contributed by atoms with Crippen molar-refractivity contribution in [2.75, 3.05) is 57.8 Å². The van der Waals surface area contributed by atoms with Gasteiger partial charge in [0.05, 0.1) is 13.2 Å². The summed E-state index contributed by atoms with van der Waals surface area (Å²) in [7, 11) is 2.17. The number of halogens is 1. The van der Waals surface area contributed by atoms with E-state index in [9.17, 15) is 0 Å². The molecule has 2 aromatic rings. The summed E-state index contributed by atoms with van der Waals surface area (Å²) in [5, 5.41) is 6.70. The topological polar surface area (TPSA) is 65.0 Å². The lowest BCUT2D eigenvalue weighted by Gasteiger charge is -2.33. The fraction of sp³-hybridized carbons (Fsp3) is 0.478. The average Bonchev–Trinajstić information content (AvgIpc) is 2.78. The Labute approximate surface area is 203 Å². The quantitative estimate of drug-likeness (QED) is 0.222. The van der Waals surface area contributed by atoms with Gasteiger partial charge in [-0.15, -0.1) is 24.0 Å². The van der Waals surface area contributed by atoms with Crippen molar-refractivity contribution in [1.82, 2.24) is 20.5 Å². The van der Waals surface area contributed by atoms with E-state index in [1.165, 1.54) is 5.56 Å². The lowest BCUT2D eigenvalue weighted by atomic mass is 10.2. The Bertz CT molecular complexity index is 781. The highest BCUT2D eigenvalue weighted by molar-refractivity contribution is 14.0. The Hall–Kier alpha value is -2.07. The molecule has 0 amide bonds. The number of para-hydroxylation sites is 1. The van der Waals surface area contributed by atoms with Gasteiger partial charge in [-0.25, -0.2) is 9.98 Å². The number of rotatable bonds is 9. The smallest absolute Gasteiger partial charge is 0.191 e. The van der Waals surface area contributed by atoms with E-state index in [1.54, 1.807) is 0 Å². The Balaban J connectivity index is 0.00000341. The molecule has 2 heterocycles. The molecule has 0 saturated carbocycles. The monoisotopic (exact) mass is 538 g/mol. The number of ether oxygens (including phenoxy) is 1. The predicted octanol–water partition coefficient (Wildman–Crippen LogP) is 2.98. The second-order valence-corrected chi connectivity index (χ2v) is 7.45. The molecule has 170 valence electrons. The number of anilines is 1. The van der Waals surface area contributed by atoms with Gasteiger partial charge in [0.2, 0.25) is 0 Å². The van der Waals surface area contributed by atoms with E-state index in [-0.39, 0.29) is 24.0 Å². The number of nitrogens with one attached hydrogen (secondary N) is 2. The molecule has 1 saturated heterocycles. The molecule has 1 fully saturated rings. The molecule has 2 N–H and O–H groups in total. The summed E-state index contributed by atoms with van der Waals surface area (Å²) in [6.07, 6.45) is 2.79. The Kier molecular flexibility index (Phi) is 11.4. The van der Waals surface area contributed by atoms with Crippen molar-refractivity contribution in [3.63, 3.8) is 0 Å². The van der Waals surface area contributed by atoms with Gasteiger partial charge < -0.3 is 25.2 Å². The van der Waals surface area contributed by atoms with Crippen LogP contribution in [0.2, 0.25) is 0 Å². The van der Waals surface area contributed by atoms with E-state index >= 15 is 0 Å². The van der Waals surface area contributed by atoms with Crippen molar-refractivity contribution in [2.24, 2.45) is 4.99 Å². The average molecular weight is 538 g/mol. The highest BCUT2D eigenvalue weighted by Gasteiger charge is 2.15. The summed E-state index contributed by atoms with van der Waals surface area (Å²) in [4.78, 5) is 14.0. The van der Waals surface area contributed by atoms with Gasteiger partial charge in [-0.2, -0.15) is 0 Å². The van der Waals surface area contributed by atoms with Crippen LogP contribution in [-0.4, -0.2) is 68.8 Å². The minimum Gasteiger partial charge on any atom is -0.494 e. The van der Waals surface area contributed by atoms with Crippen LogP contribution in [0, 0.1) is 0 Å². The number of pyridine rings is 1. The molecular formula is C23H35IN6O. The Morgan fingerprint density at radius 2 is 1.87 bits per heavy atom. The van der Waals surface area contributed by atoms with Gasteiger partial charge in [-0.05, 0) is 50.2 Å². The van der Waals surface area contributed by atoms with Crippen molar-refractivity contribution >= 4 is 35.8 Å². The van der Waals surface area contributed by atoms with Gasteiger partial charge in [0.1, 0.15) is 11.6 Å². The summed E-state index contributed by atoms with van der Waals surface area (Å²) in [6, 6.07) is 14.1. The fourth-order valence-electron chi connectivity index (χ4n) is 3.27. The zero-order valence-electron chi connectivity index (χ0n) is 18.6. The maximum absolute atomic E-state index is 5.74. The zero-order chi connectivity index (χ0) is 21.0. The first kappa shape index (κ1) is 25.2. The summed E-state index contributed by atoms with van der Waals surface area (Å²) >= 11 is 0. The SMILES string of the molecule is CCNC(=NCc1ccnc(N2CCN(C)CC2)c1)NCCCOc1ccccc1.I. The van der Waals surface area contributed by atoms with Crippen LogP contribution in [0.4, 0.5) is 5.82 Å². The van der Waals surface area contributed by atoms with E-state index in [2.05, 4.69) is 45.5 Å². The minimum atomic E-state index is 0. The van der Waals surface area contributed by atoms with Crippen LogP contribution in [0.1, 0.15) is 18.9 Å². The van der Waals surface area contributed by atoms with Crippen LogP contribution in [-0.2, 0) is 6.54 Å². The molecule has 1 aliphatic rings. The van der Waals surface area contributed by atoms with Crippen LogP contribution < -0.4 is 20.3 Å². The van der Waals surface area contributed by atoms with E-state index in [0.29, 0.717) is 13.2 Å². The zero-order valence-corrected chi connectivity index (χ0v) is 20.9. The molecule has 0 atom stereocenters. The van der Waals surface area contributed by atoms with Crippen LogP contribution in [0.5, 0.6) is 5.75 Å². The number of aromatic nitrogens is 1. The molecule has 0 aliphatic carbocycles. The Morgan fingerprint density at radius 3 is 2.61 bits per heavy atom. The lowest BCUT2D eigenvalue weighted by Crippen LogP contribution is -2.44. The van der Waals surface area contributed by atoms with Gasteiger partial charge in [0.15, 0.2) is 5.96 Å². The van der Waals surface area contributed by atoms with Gasteiger partial charge in [-0.3, -0.25) is 0 Å². The van der Waals surface area contributed by atoms with Crippen LogP contribution >= 0.6 is 24.0 Å². The molecule has 8 heteroatoms. The summed E-state index contributed by atoms with van der Waals surface area (Å²) in [5.41, 5.74) is 1.17. The summed E-state index contributed by atoms with van der Waals surface area (Å²) < 4.78 is 5.74. The Morgan fingerprint density at radius 1 is 1.10 bits per heavy atom. The number of nitrogens with zero attached hydrogens (tertiary/aromatic N) is 4. The highest BCUT2D eigenvalue weighted by Crippen LogP contribution is 2.15. The first-order chi connectivity index (χ1) is 14.7. The molecule has 1 aromatic carbocycles. The van der Waals surface area contributed by atoms with Gasteiger partial charge in [0.25, 0.3) is 0 Å². The third-order valence-electron chi connectivity index (χ3n) is 5.03. The third-order valence-corrected chi connectivity index (χ3v) is 5.03. The van der Waals surface area contributed by atoms with Crippen molar-refractivity contribution in [1.29, 1.82) is 0 Å². The van der Waals surface area contributed by atoms with Gasteiger partial charge >= 0.3 is 0 Å². The van der Waals surface area contributed by atoms with Gasteiger partial charge in [-0.1, -0.05) is 18.2 Å². The molecule has 1 aliphatic heterocycles. The number of piperazine rings is 1. The molecule has 31 heavy (non-hydrogen) atoms. The second-order valence-electron chi connectivity index (χ2n) is 7.45. The van der Waals surface area contributed by atoms with Gasteiger partial charge in [0, 0.05) is 45.5 Å². The normalized spacial score (nSPS) is 14.6. The van der Waals surface area contributed by atoms with Crippen LogP contribution in [0.25, 0.3) is 0 Å². The molecule has 0 spiro atoms. The molecule has 3 rings (SSSR count). The van der Waals surface area contributed by atoms with Crippen LogP contribution in [0.15, 0.2) is 53.7 Å². The maximum Gasteiger partial charge on any atom is 0.191 e. The number of guanidine groups is 1. The molecule has 7 nitrogen and oxygen atoms in total. The first-order valence-corrected chi connectivity index (χ1v) is 10.8. The van der Waals surface area contributed by atoms with E-state index < -0.39 is 0 Å². The van der Waals surface area contributed by atoms with Crippen molar-refractivity contribution in [3.05, 3.63) is 54.2 Å². The number of likely N-dealkylation sites (N-methyl/N-ethyl adjacent to an activating group) is 1. The summed E-state index contributed by atoms with van der Waals surface area (Å²) in [6.45, 7) is 9.20. The molecule has 0 unspecified atom stereocenters. The standard InChI is InChI=1S/C23H34N6O.HI/c1-3-24-23(26-11-7-17-30-21-8-5-4-6-9-21)27-19-20-10-12-25-22(18-20)29-15-13-28(2)14-16-29;/h4-6,8-10,12,18H,3,7,11,13-17,19H2,1-2H3,(H2,24,26,27);1H. The molecule has 0 radical (unpaired) electrons. The summed E-state index contributed by atoms with van der Waals surface area (Å²) in [5.74, 6) is 2.79. The number of benzene rings is 1. The molecule has 0 bridgehead atoms. The lowest BCUT2D eigenvalue weighted by molar-refractivity contribution is 0.311. The van der Waals surface area contributed by atoms with E-state index in [4.69, 9.17) is 9.73 Å². The molecule has 1 aromatic heterocycles. The highest BCUT2D eigenvalue weighted by atomic mass is 127. The predicted molar refractivity (Wildman–Crippen MR) is 139 cm³/mol.